The Bertz CT molecular complexity index is 1060. The van der Waals surface area contributed by atoms with Gasteiger partial charge in [0.05, 0.1) is 10.6 Å². The zero-order chi connectivity index (χ0) is 18.1. The molecular weight excluding hydrogens is 392 g/mol. The highest BCUT2D eigenvalue weighted by atomic mass is 35.5. The molecule has 0 spiro atoms. The SMILES string of the molecule is Cc1nc(NC(=O)c2ccc(Cl)cc2)sc1-c1nc(-c2cccs2)no1. The Hall–Kier alpha value is -2.55. The smallest absolute Gasteiger partial charge is 0.270 e. The lowest BCUT2D eigenvalue weighted by Gasteiger charge is -2.01. The van der Waals surface area contributed by atoms with Crippen LogP contribution in [0.1, 0.15) is 16.1 Å². The predicted molar refractivity (Wildman–Crippen MR) is 103 cm³/mol. The first kappa shape index (κ1) is 16.9. The average Bonchev–Trinajstić information content (AvgIpc) is 3.35. The zero-order valence-electron chi connectivity index (χ0n) is 13.4. The predicted octanol–water partition coefficient (Wildman–Crippen LogP) is 5.14. The molecule has 0 radical (unpaired) electrons. The minimum Gasteiger partial charge on any atom is -0.333 e. The molecule has 0 unspecified atom stereocenters. The number of benzene rings is 1. The van der Waals surface area contributed by atoms with E-state index in [-0.39, 0.29) is 5.91 Å². The summed E-state index contributed by atoms with van der Waals surface area (Å²) in [4.78, 5) is 22.8. The number of rotatable bonds is 4. The first-order chi connectivity index (χ1) is 12.6. The third-order valence-corrected chi connectivity index (χ3v) is 5.66. The van der Waals surface area contributed by atoms with Gasteiger partial charge in [0.2, 0.25) is 5.82 Å². The lowest BCUT2D eigenvalue weighted by atomic mass is 10.2. The number of aromatic nitrogens is 3. The monoisotopic (exact) mass is 402 g/mol. The Morgan fingerprint density at radius 1 is 1.19 bits per heavy atom. The Labute approximate surface area is 161 Å². The number of halogens is 1. The van der Waals surface area contributed by atoms with Gasteiger partial charge in [-0.25, -0.2) is 4.98 Å². The van der Waals surface area contributed by atoms with Crippen LogP contribution in [0.4, 0.5) is 5.13 Å². The third-order valence-electron chi connectivity index (χ3n) is 3.49. The number of anilines is 1. The third kappa shape index (κ3) is 3.39. The highest BCUT2D eigenvalue weighted by Crippen LogP contribution is 2.33. The van der Waals surface area contributed by atoms with Crippen molar-refractivity contribution in [2.45, 2.75) is 6.92 Å². The van der Waals surface area contributed by atoms with Crippen molar-refractivity contribution in [2.75, 3.05) is 5.32 Å². The second-order valence-electron chi connectivity index (χ2n) is 5.30. The van der Waals surface area contributed by atoms with E-state index in [1.54, 1.807) is 24.3 Å². The van der Waals surface area contributed by atoms with Crippen LogP contribution in [0.3, 0.4) is 0 Å². The maximum atomic E-state index is 12.3. The Morgan fingerprint density at radius 3 is 2.73 bits per heavy atom. The van der Waals surface area contributed by atoms with E-state index in [9.17, 15) is 4.79 Å². The number of amides is 1. The van der Waals surface area contributed by atoms with Gasteiger partial charge in [-0.15, -0.1) is 11.3 Å². The summed E-state index contributed by atoms with van der Waals surface area (Å²) in [5.41, 5.74) is 1.21. The lowest BCUT2D eigenvalue weighted by molar-refractivity contribution is 0.102. The van der Waals surface area contributed by atoms with Gasteiger partial charge < -0.3 is 4.52 Å². The lowest BCUT2D eigenvalue weighted by Crippen LogP contribution is -2.11. The van der Waals surface area contributed by atoms with Crippen LogP contribution in [0.2, 0.25) is 5.02 Å². The van der Waals surface area contributed by atoms with Crippen molar-refractivity contribution >= 4 is 45.3 Å². The van der Waals surface area contributed by atoms with E-state index in [4.69, 9.17) is 16.1 Å². The highest BCUT2D eigenvalue weighted by Gasteiger charge is 2.19. The first-order valence-corrected chi connectivity index (χ1v) is 9.60. The molecule has 1 aromatic carbocycles. The summed E-state index contributed by atoms with van der Waals surface area (Å²) in [5.74, 6) is 0.664. The summed E-state index contributed by atoms with van der Waals surface area (Å²) in [7, 11) is 0. The van der Waals surface area contributed by atoms with E-state index < -0.39 is 0 Å². The number of nitrogens with zero attached hydrogens (tertiary/aromatic N) is 3. The average molecular weight is 403 g/mol. The van der Waals surface area contributed by atoms with Crippen molar-refractivity contribution in [1.82, 2.24) is 15.1 Å². The summed E-state index contributed by atoms with van der Waals surface area (Å²) in [6.45, 7) is 1.83. The molecule has 0 fully saturated rings. The molecular formula is C17H11ClN4O2S2. The fourth-order valence-corrected chi connectivity index (χ4v) is 3.90. The molecule has 0 aliphatic rings. The Kier molecular flexibility index (Phi) is 4.54. The largest absolute Gasteiger partial charge is 0.333 e. The second-order valence-corrected chi connectivity index (χ2v) is 7.68. The summed E-state index contributed by atoms with van der Waals surface area (Å²) in [6.07, 6.45) is 0. The van der Waals surface area contributed by atoms with Gasteiger partial charge in [0.25, 0.3) is 11.8 Å². The normalized spacial score (nSPS) is 10.8. The molecule has 1 amide bonds. The fraction of sp³-hybridized carbons (Fsp3) is 0.0588. The Morgan fingerprint density at radius 2 is 2.00 bits per heavy atom. The van der Waals surface area contributed by atoms with Crippen LogP contribution in [0.5, 0.6) is 0 Å². The van der Waals surface area contributed by atoms with E-state index in [1.807, 2.05) is 24.4 Å². The van der Waals surface area contributed by atoms with Crippen LogP contribution < -0.4 is 5.32 Å². The van der Waals surface area contributed by atoms with Gasteiger partial charge in [-0.3, -0.25) is 10.1 Å². The Balaban J connectivity index is 1.56. The minimum absolute atomic E-state index is 0.258. The van der Waals surface area contributed by atoms with E-state index in [0.717, 1.165) is 9.75 Å². The van der Waals surface area contributed by atoms with Crippen LogP contribution >= 0.6 is 34.3 Å². The minimum atomic E-state index is -0.258. The van der Waals surface area contributed by atoms with Crippen molar-refractivity contribution < 1.29 is 9.32 Å². The standard InChI is InChI=1S/C17H11ClN4O2S2/c1-9-13(16-20-14(22-24-16)12-3-2-8-25-12)26-17(19-9)21-15(23)10-4-6-11(18)7-5-10/h2-8H,1H3,(H,19,21,23). The summed E-state index contributed by atoms with van der Waals surface area (Å²) < 4.78 is 5.36. The number of hydrogen-bond acceptors (Lipinski definition) is 7. The van der Waals surface area contributed by atoms with Gasteiger partial charge in [0, 0.05) is 10.6 Å². The topological polar surface area (TPSA) is 80.9 Å². The van der Waals surface area contributed by atoms with E-state index in [0.29, 0.717) is 33.1 Å². The number of thiazole rings is 1. The molecule has 0 saturated carbocycles. The molecule has 0 saturated heterocycles. The molecule has 3 aromatic heterocycles. The van der Waals surface area contributed by atoms with Crippen molar-refractivity contribution in [1.29, 1.82) is 0 Å². The number of thiophene rings is 1. The number of hydrogen-bond donors (Lipinski definition) is 1. The highest BCUT2D eigenvalue weighted by molar-refractivity contribution is 7.19. The molecule has 1 N–H and O–H groups in total. The van der Waals surface area contributed by atoms with E-state index in [1.165, 1.54) is 22.7 Å². The molecule has 6 nitrogen and oxygen atoms in total. The fourth-order valence-electron chi connectivity index (χ4n) is 2.24. The van der Waals surface area contributed by atoms with Crippen LogP contribution in [0.15, 0.2) is 46.3 Å². The first-order valence-electron chi connectivity index (χ1n) is 7.52. The summed E-state index contributed by atoms with van der Waals surface area (Å²) >= 11 is 8.67. The van der Waals surface area contributed by atoms with E-state index >= 15 is 0 Å². The van der Waals surface area contributed by atoms with Gasteiger partial charge in [-0.05, 0) is 42.6 Å². The molecule has 0 aliphatic heterocycles. The van der Waals surface area contributed by atoms with Crippen molar-refractivity contribution in [3.8, 4) is 21.5 Å². The maximum absolute atomic E-state index is 12.3. The zero-order valence-corrected chi connectivity index (χ0v) is 15.8. The van der Waals surface area contributed by atoms with Crippen LogP contribution in [-0.2, 0) is 0 Å². The summed E-state index contributed by atoms with van der Waals surface area (Å²) in [5, 5.41) is 9.78. The molecule has 3 heterocycles. The number of aryl methyl sites for hydroxylation is 1. The molecule has 0 bridgehead atoms. The van der Waals surface area contributed by atoms with Crippen LogP contribution in [-0.4, -0.2) is 21.0 Å². The molecule has 9 heteroatoms. The van der Waals surface area contributed by atoms with Crippen LogP contribution in [0, 0.1) is 6.92 Å². The molecule has 130 valence electrons. The van der Waals surface area contributed by atoms with Gasteiger partial charge in [-0.2, -0.15) is 4.98 Å². The van der Waals surface area contributed by atoms with Gasteiger partial charge in [-0.1, -0.05) is 34.2 Å². The summed E-state index contributed by atoms with van der Waals surface area (Å²) in [6, 6.07) is 10.5. The van der Waals surface area contributed by atoms with Crippen molar-refractivity contribution in [3.05, 3.63) is 58.1 Å². The molecule has 4 aromatic rings. The molecule has 0 aliphatic carbocycles. The molecule has 26 heavy (non-hydrogen) atoms. The number of nitrogens with one attached hydrogen (secondary N) is 1. The van der Waals surface area contributed by atoms with Crippen molar-refractivity contribution in [3.63, 3.8) is 0 Å². The van der Waals surface area contributed by atoms with Gasteiger partial charge >= 0.3 is 0 Å². The van der Waals surface area contributed by atoms with Crippen molar-refractivity contribution in [2.24, 2.45) is 0 Å². The quantitative estimate of drug-likeness (QED) is 0.511. The molecule has 0 atom stereocenters. The van der Waals surface area contributed by atoms with E-state index in [2.05, 4.69) is 20.4 Å². The number of carbonyl (C=O) groups is 1. The second kappa shape index (κ2) is 6.99. The maximum Gasteiger partial charge on any atom is 0.270 e. The van der Waals surface area contributed by atoms with Gasteiger partial charge in [0.1, 0.15) is 4.88 Å². The van der Waals surface area contributed by atoms with Crippen LogP contribution in [0.25, 0.3) is 21.5 Å². The molecule has 4 rings (SSSR count). The number of carbonyl (C=O) groups excluding carboxylic acids is 1. The van der Waals surface area contributed by atoms with Gasteiger partial charge in [0.15, 0.2) is 5.13 Å².